The van der Waals surface area contributed by atoms with Crippen molar-refractivity contribution in [1.29, 1.82) is 0 Å². The van der Waals surface area contributed by atoms with Gasteiger partial charge < -0.3 is 5.32 Å². The van der Waals surface area contributed by atoms with Crippen molar-refractivity contribution in [2.75, 3.05) is 7.05 Å². The lowest BCUT2D eigenvalue weighted by Gasteiger charge is -2.36. The maximum Gasteiger partial charge on any atom is 0.123 e. The Hall–Kier alpha value is -0.890. The maximum atomic E-state index is 13.2. The molecule has 1 fully saturated rings. The van der Waals surface area contributed by atoms with Crippen molar-refractivity contribution in [2.45, 2.75) is 58.4 Å². The Morgan fingerprint density at radius 2 is 2.10 bits per heavy atom. The smallest absolute Gasteiger partial charge is 0.123 e. The fourth-order valence-electron chi connectivity index (χ4n) is 3.81. The van der Waals surface area contributed by atoms with Crippen LogP contribution in [0.1, 0.15) is 50.2 Å². The van der Waals surface area contributed by atoms with Crippen LogP contribution in [-0.4, -0.2) is 13.1 Å². The standard InChI is InChI=1S/C18H28FN/c1-4-5-14-6-9-18(20-3)16(11-14)12-15-7-8-17(19)10-13(15)2/h7-8,10,14,16,18,20H,4-6,9,11-12H2,1-3H3. The third-order valence-corrected chi connectivity index (χ3v) is 4.95. The van der Waals surface area contributed by atoms with E-state index in [-0.39, 0.29) is 5.82 Å². The SMILES string of the molecule is CCCC1CCC(NC)C(Cc2ccc(F)cc2C)C1. The van der Waals surface area contributed by atoms with E-state index < -0.39 is 0 Å². The topological polar surface area (TPSA) is 12.0 Å². The van der Waals surface area contributed by atoms with Gasteiger partial charge in [-0.1, -0.05) is 25.8 Å². The Morgan fingerprint density at radius 3 is 2.75 bits per heavy atom. The van der Waals surface area contributed by atoms with Gasteiger partial charge in [-0.2, -0.15) is 0 Å². The Morgan fingerprint density at radius 1 is 1.30 bits per heavy atom. The van der Waals surface area contributed by atoms with Crippen molar-refractivity contribution in [3.8, 4) is 0 Å². The van der Waals surface area contributed by atoms with Gasteiger partial charge in [-0.3, -0.25) is 0 Å². The Bertz CT molecular complexity index is 429. The van der Waals surface area contributed by atoms with Crippen molar-refractivity contribution < 1.29 is 4.39 Å². The number of rotatable bonds is 5. The molecule has 1 aliphatic carbocycles. The summed E-state index contributed by atoms with van der Waals surface area (Å²) in [6, 6.07) is 5.85. The molecule has 1 N–H and O–H groups in total. The van der Waals surface area contributed by atoms with Crippen LogP contribution in [0.5, 0.6) is 0 Å². The molecule has 2 rings (SSSR count). The fourth-order valence-corrected chi connectivity index (χ4v) is 3.81. The van der Waals surface area contributed by atoms with E-state index in [4.69, 9.17) is 0 Å². The molecule has 20 heavy (non-hydrogen) atoms. The van der Waals surface area contributed by atoms with Crippen molar-refractivity contribution >= 4 is 0 Å². The van der Waals surface area contributed by atoms with Crippen molar-refractivity contribution in [2.24, 2.45) is 11.8 Å². The zero-order chi connectivity index (χ0) is 14.5. The molecule has 0 spiro atoms. The largest absolute Gasteiger partial charge is 0.317 e. The summed E-state index contributed by atoms with van der Waals surface area (Å²) >= 11 is 0. The summed E-state index contributed by atoms with van der Waals surface area (Å²) in [6.07, 6.45) is 7.69. The van der Waals surface area contributed by atoms with E-state index in [0.717, 1.165) is 17.9 Å². The average molecular weight is 277 g/mol. The number of nitrogens with one attached hydrogen (secondary N) is 1. The zero-order valence-corrected chi connectivity index (χ0v) is 13.1. The lowest BCUT2D eigenvalue weighted by atomic mass is 9.73. The molecule has 1 aliphatic rings. The number of aryl methyl sites for hydroxylation is 1. The predicted molar refractivity (Wildman–Crippen MR) is 83.4 cm³/mol. The second kappa shape index (κ2) is 7.21. The normalized spacial score (nSPS) is 26.7. The summed E-state index contributed by atoms with van der Waals surface area (Å²) in [7, 11) is 2.08. The first kappa shape index (κ1) is 15.5. The summed E-state index contributed by atoms with van der Waals surface area (Å²) in [5.74, 6) is 1.45. The minimum absolute atomic E-state index is 0.121. The van der Waals surface area contributed by atoms with Crippen LogP contribution in [-0.2, 0) is 6.42 Å². The van der Waals surface area contributed by atoms with Gasteiger partial charge in [-0.15, -0.1) is 0 Å². The van der Waals surface area contributed by atoms with E-state index in [0.29, 0.717) is 12.0 Å². The molecule has 1 saturated carbocycles. The Kier molecular flexibility index (Phi) is 5.59. The summed E-state index contributed by atoms with van der Waals surface area (Å²) in [4.78, 5) is 0. The molecule has 0 saturated heterocycles. The quantitative estimate of drug-likeness (QED) is 0.836. The second-order valence-electron chi connectivity index (χ2n) is 6.40. The van der Waals surface area contributed by atoms with Crippen LogP contribution >= 0.6 is 0 Å². The van der Waals surface area contributed by atoms with Crippen LogP contribution in [0.25, 0.3) is 0 Å². The molecule has 0 radical (unpaired) electrons. The lowest BCUT2D eigenvalue weighted by molar-refractivity contribution is 0.200. The minimum Gasteiger partial charge on any atom is -0.317 e. The summed E-state index contributed by atoms with van der Waals surface area (Å²) in [5.41, 5.74) is 2.41. The molecule has 0 heterocycles. The van der Waals surface area contributed by atoms with Gasteiger partial charge in [0.15, 0.2) is 0 Å². The summed E-state index contributed by atoms with van der Waals surface area (Å²) in [5, 5.41) is 3.49. The monoisotopic (exact) mass is 277 g/mol. The molecule has 2 heteroatoms. The van der Waals surface area contributed by atoms with E-state index in [1.54, 1.807) is 12.1 Å². The van der Waals surface area contributed by atoms with Crippen molar-refractivity contribution in [1.82, 2.24) is 5.32 Å². The van der Waals surface area contributed by atoms with Gasteiger partial charge in [-0.25, -0.2) is 4.39 Å². The highest BCUT2D eigenvalue weighted by atomic mass is 19.1. The predicted octanol–water partition coefficient (Wildman–Crippen LogP) is 4.48. The van der Waals surface area contributed by atoms with Crippen molar-refractivity contribution in [3.05, 3.63) is 35.1 Å². The molecule has 0 aromatic heterocycles. The van der Waals surface area contributed by atoms with Gasteiger partial charge in [0.1, 0.15) is 5.82 Å². The van der Waals surface area contributed by atoms with Gasteiger partial charge in [0, 0.05) is 6.04 Å². The number of hydrogen-bond donors (Lipinski definition) is 1. The van der Waals surface area contributed by atoms with Gasteiger partial charge in [-0.05, 0) is 74.8 Å². The summed E-state index contributed by atoms with van der Waals surface area (Å²) in [6.45, 7) is 4.31. The number of halogens is 1. The average Bonchev–Trinajstić information content (AvgIpc) is 2.43. The minimum atomic E-state index is -0.121. The van der Waals surface area contributed by atoms with E-state index in [9.17, 15) is 4.39 Å². The first-order valence-electron chi connectivity index (χ1n) is 8.06. The molecule has 0 bridgehead atoms. The highest BCUT2D eigenvalue weighted by Crippen LogP contribution is 2.34. The molecular formula is C18H28FN. The van der Waals surface area contributed by atoms with E-state index >= 15 is 0 Å². The van der Waals surface area contributed by atoms with Crippen LogP contribution in [0.4, 0.5) is 4.39 Å². The molecule has 0 amide bonds. The third-order valence-electron chi connectivity index (χ3n) is 4.95. The van der Waals surface area contributed by atoms with Gasteiger partial charge in [0.25, 0.3) is 0 Å². The lowest BCUT2D eigenvalue weighted by Crippen LogP contribution is -2.39. The van der Waals surface area contributed by atoms with E-state index in [2.05, 4.69) is 19.3 Å². The molecule has 1 aromatic rings. The zero-order valence-electron chi connectivity index (χ0n) is 13.1. The molecule has 1 aromatic carbocycles. The molecule has 112 valence electrons. The highest BCUT2D eigenvalue weighted by Gasteiger charge is 2.29. The molecule has 3 unspecified atom stereocenters. The van der Waals surface area contributed by atoms with Gasteiger partial charge in [0.2, 0.25) is 0 Å². The Balaban J connectivity index is 2.07. The van der Waals surface area contributed by atoms with Gasteiger partial charge >= 0.3 is 0 Å². The summed E-state index contributed by atoms with van der Waals surface area (Å²) < 4.78 is 13.2. The van der Waals surface area contributed by atoms with Crippen LogP contribution in [0, 0.1) is 24.6 Å². The molecule has 0 aliphatic heterocycles. The number of benzene rings is 1. The maximum absolute atomic E-state index is 13.2. The fraction of sp³-hybridized carbons (Fsp3) is 0.667. The Labute approximate surface area is 123 Å². The third kappa shape index (κ3) is 3.82. The van der Waals surface area contributed by atoms with Gasteiger partial charge in [0.05, 0.1) is 0 Å². The van der Waals surface area contributed by atoms with Crippen molar-refractivity contribution in [3.63, 3.8) is 0 Å². The first-order valence-corrected chi connectivity index (χ1v) is 8.06. The molecule has 3 atom stereocenters. The first-order chi connectivity index (χ1) is 9.63. The van der Waals surface area contributed by atoms with Crippen LogP contribution in [0.3, 0.4) is 0 Å². The molecule has 1 nitrogen and oxygen atoms in total. The van der Waals surface area contributed by atoms with E-state index in [1.807, 2.05) is 13.0 Å². The van der Waals surface area contributed by atoms with Crippen LogP contribution in [0.2, 0.25) is 0 Å². The van der Waals surface area contributed by atoms with Crippen LogP contribution in [0.15, 0.2) is 18.2 Å². The highest BCUT2D eigenvalue weighted by molar-refractivity contribution is 5.27. The second-order valence-corrected chi connectivity index (χ2v) is 6.40. The molecular weight excluding hydrogens is 249 g/mol. The number of hydrogen-bond acceptors (Lipinski definition) is 1. The van der Waals surface area contributed by atoms with Crippen LogP contribution < -0.4 is 5.32 Å². The van der Waals surface area contributed by atoms with E-state index in [1.165, 1.54) is 37.7 Å².